The minimum atomic E-state index is 0.269. The van der Waals surface area contributed by atoms with E-state index in [2.05, 4.69) is 15.5 Å². The standard InChI is InChI=1S/C13H16ClN5O/c1-2-20-10-6-9(7-10)19-13(16-17-18-19)11-4-3-8(15)5-12(11)14/h3-5,9-10H,2,6-7,15H2,1H3. The van der Waals surface area contributed by atoms with Crippen molar-refractivity contribution in [3.05, 3.63) is 23.2 Å². The summed E-state index contributed by atoms with van der Waals surface area (Å²) < 4.78 is 7.39. The molecule has 6 nitrogen and oxygen atoms in total. The number of halogens is 1. The molecule has 1 aliphatic carbocycles. The van der Waals surface area contributed by atoms with Crippen LogP contribution < -0.4 is 5.73 Å². The van der Waals surface area contributed by atoms with Gasteiger partial charge in [-0.05, 0) is 48.4 Å². The summed E-state index contributed by atoms with van der Waals surface area (Å²) >= 11 is 6.22. The monoisotopic (exact) mass is 293 g/mol. The van der Waals surface area contributed by atoms with E-state index in [1.165, 1.54) is 0 Å². The van der Waals surface area contributed by atoms with Gasteiger partial charge in [0.1, 0.15) is 0 Å². The Morgan fingerprint density at radius 2 is 2.25 bits per heavy atom. The molecule has 1 fully saturated rings. The quantitative estimate of drug-likeness (QED) is 0.875. The zero-order chi connectivity index (χ0) is 14.1. The molecule has 0 amide bonds. The zero-order valence-corrected chi connectivity index (χ0v) is 11.9. The van der Waals surface area contributed by atoms with E-state index in [4.69, 9.17) is 22.1 Å². The summed E-state index contributed by atoms with van der Waals surface area (Å²) in [5.74, 6) is 0.676. The number of tetrazole rings is 1. The average Bonchev–Trinajstić information content (AvgIpc) is 2.82. The molecule has 1 aromatic heterocycles. The van der Waals surface area contributed by atoms with Crippen molar-refractivity contribution < 1.29 is 4.74 Å². The van der Waals surface area contributed by atoms with Crippen LogP contribution in [0, 0.1) is 0 Å². The fourth-order valence-corrected chi connectivity index (χ4v) is 2.71. The summed E-state index contributed by atoms with van der Waals surface area (Å²) in [6, 6.07) is 5.62. The minimum Gasteiger partial charge on any atom is -0.399 e. The molecule has 1 aromatic carbocycles. The Hall–Kier alpha value is -1.66. The van der Waals surface area contributed by atoms with Crippen LogP contribution in [0.2, 0.25) is 5.02 Å². The molecule has 2 N–H and O–H groups in total. The van der Waals surface area contributed by atoms with E-state index in [9.17, 15) is 0 Å². The number of nitrogen functional groups attached to an aromatic ring is 1. The van der Waals surface area contributed by atoms with Gasteiger partial charge in [0, 0.05) is 17.9 Å². The second-order valence-electron chi connectivity index (χ2n) is 4.89. The summed E-state index contributed by atoms with van der Waals surface area (Å²) in [7, 11) is 0. The first kappa shape index (κ1) is 13.3. The van der Waals surface area contributed by atoms with Crippen molar-refractivity contribution in [3.63, 3.8) is 0 Å². The molecule has 1 saturated carbocycles. The highest BCUT2D eigenvalue weighted by molar-refractivity contribution is 6.33. The predicted molar refractivity (Wildman–Crippen MR) is 76.4 cm³/mol. The molecule has 0 radical (unpaired) electrons. The van der Waals surface area contributed by atoms with E-state index < -0.39 is 0 Å². The van der Waals surface area contributed by atoms with Crippen molar-refractivity contribution in [3.8, 4) is 11.4 Å². The maximum atomic E-state index is 6.22. The fourth-order valence-electron chi connectivity index (χ4n) is 2.44. The Kier molecular flexibility index (Phi) is 3.58. The molecule has 106 valence electrons. The van der Waals surface area contributed by atoms with Crippen molar-refractivity contribution >= 4 is 17.3 Å². The number of nitrogens with two attached hydrogens (primary N) is 1. The van der Waals surface area contributed by atoms with E-state index >= 15 is 0 Å². The van der Waals surface area contributed by atoms with Gasteiger partial charge in [-0.1, -0.05) is 11.6 Å². The van der Waals surface area contributed by atoms with Crippen LogP contribution in [0.25, 0.3) is 11.4 Å². The van der Waals surface area contributed by atoms with Crippen molar-refractivity contribution in [1.82, 2.24) is 20.2 Å². The van der Waals surface area contributed by atoms with Crippen LogP contribution in [-0.4, -0.2) is 32.9 Å². The van der Waals surface area contributed by atoms with Gasteiger partial charge in [-0.15, -0.1) is 5.10 Å². The predicted octanol–water partition coefficient (Wildman–Crippen LogP) is 2.32. The maximum Gasteiger partial charge on any atom is 0.183 e. The van der Waals surface area contributed by atoms with E-state index in [0.29, 0.717) is 22.6 Å². The molecule has 0 unspecified atom stereocenters. The number of ether oxygens (including phenoxy) is 1. The van der Waals surface area contributed by atoms with Gasteiger partial charge >= 0.3 is 0 Å². The number of aromatic nitrogens is 4. The number of hydrogen-bond acceptors (Lipinski definition) is 5. The molecule has 0 atom stereocenters. The third kappa shape index (κ3) is 2.36. The van der Waals surface area contributed by atoms with Crippen molar-refractivity contribution in [2.75, 3.05) is 12.3 Å². The van der Waals surface area contributed by atoms with Crippen LogP contribution in [-0.2, 0) is 4.74 Å². The Labute approximate surface area is 121 Å². The van der Waals surface area contributed by atoms with Crippen LogP contribution in [0.15, 0.2) is 18.2 Å². The second kappa shape index (κ2) is 5.38. The van der Waals surface area contributed by atoms with Gasteiger partial charge in [0.25, 0.3) is 0 Å². The van der Waals surface area contributed by atoms with E-state index in [-0.39, 0.29) is 6.04 Å². The molecule has 1 aliphatic rings. The first-order valence-electron chi connectivity index (χ1n) is 6.64. The lowest BCUT2D eigenvalue weighted by Gasteiger charge is -2.34. The molecule has 0 spiro atoms. The van der Waals surface area contributed by atoms with Crippen LogP contribution in [0.5, 0.6) is 0 Å². The highest BCUT2D eigenvalue weighted by Gasteiger charge is 2.34. The molecule has 3 rings (SSSR count). The van der Waals surface area contributed by atoms with Gasteiger partial charge in [-0.25, -0.2) is 4.68 Å². The molecule has 0 aliphatic heterocycles. The molecule has 7 heteroatoms. The summed E-state index contributed by atoms with van der Waals surface area (Å²) in [5.41, 5.74) is 7.13. The Bertz CT molecular complexity index is 609. The van der Waals surface area contributed by atoms with Crippen LogP contribution >= 0.6 is 11.6 Å². The molecule has 2 aromatic rings. The lowest BCUT2D eigenvalue weighted by molar-refractivity contribution is -0.0227. The topological polar surface area (TPSA) is 78.8 Å². The highest BCUT2D eigenvalue weighted by atomic mass is 35.5. The number of hydrogen-bond donors (Lipinski definition) is 1. The van der Waals surface area contributed by atoms with Crippen LogP contribution in [0.3, 0.4) is 0 Å². The second-order valence-corrected chi connectivity index (χ2v) is 5.30. The molecule has 0 saturated heterocycles. The van der Waals surface area contributed by atoms with E-state index in [1.807, 2.05) is 17.7 Å². The van der Waals surface area contributed by atoms with Gasteiger partial charge in [-0.3, -0.25) is 0 Å². The fraction of sp³-hybridized carbons (Fsp3) is 0.462. The Morgan fingerprint density at radius 1 is 1.45 bits per heavy atom. The van der Waals surface area contributed by atoms with Gasteiger partial charge in [0.15, 0.2) is 5.82 Å². The van der Waals surface area contributed by atoms with Gasteiger partial charge < -0.3 is 10.5 Å². The van der Waals surface area contributed by atoms with Crippen molar-refractivity contribution in [1.29, 1.82) is 0 Å². The summed E-state index contributed by atoms with van der Waals surface area (Å²) in [4.78, 5) is 0. The first-order chi connectivity index (χ1) is 9.69. The first-order valence-corrected chi connectivity index (χ1v) is 7.01. The van der Waals surface area contributed by atoms with Gasteiger partial charge in [0.2, 0.25) is 0 Å². The van der Waals surface area contributed by atoms with E-state index in [0.717, 1.165) is 25.0 Å². The van der Waals surface area contributed by atoms with E-state index in [1.54, 1.807) is 12.1 Å². The summed E-state index contributed by atoms with van der Waals surface area (Å²) in [6.45, 7) is 2.74. The number of rotatable bonds is 4. The minimum absolute atomic E-state index is 0.269. The normalized spacial score (nSPS) is 21.7. The van der Waals surface area contributed by atoms with Crippen molar-refractivity contribution in [2.45, 2.75) is 31.9 Å². The number of benzene rings is 1. The maximum absolute atomic E-state index is 6.22. The number of anilines is 1. The van der Waals surface area contributed by atoms with Gasteiger partial charge in [0.05, 0.1) is 17.2 Å². The molecule has 0 bridgehead atoms. The molecular weight excluding hydrogens is 278 g/mol. The Morgan fingerprint density at radius 3 is 2.95 bits per heavy atom. The third-order valence-corrected chi connectivity index (χ3v) is 3.86. The van der Waals surface area contributed by atoms with Gasteiger partial charge in [-0.2, -0.15) is 0 Å². The number of nitrogens with zero attached hydrogens (tertiary/aromatic N) is 4. The molecule has 20 heavy (non-hydrogen) atoms. The summed E-state index contributed by atoms with van der Waals surface area (Å²) in [6.07, 6.45) is 2.17. The zero-order valence-electron chi connectivity index (χ0n) is 11.2. The third-order valence-electron chi connectivity index (χ3n) is 3.55. The summed E-state index contributed by atoms with van der Waals surface area (Å²) in [5, 5.41) is 12.5. The van der Waals surface area contributed by atoms with Crippen LogP contribution in [0.1, 0.15) is 25.8 Å². The average molecular weight is 294 g/mol. The molecule has 1 heterocycles. The SMILES string of the molecule is CCOC1CC(n2nnnc2-c2ccc(N)cc2Cl)C1. The molecular formula is C13H16ClN5O. The van der Waals surface area contributed by atoms with Crippen LogP contribution in [0.4, 0.5) is 5.69 Å². The highest BCUT2D eigenvalue weighted by Crippen LogP contribution is 2.37. The largest absolute Gasteiger partial charge is 0.399 e. The Balaban J connectivity index is 1.84. The van der Waals surface area contributed by atoms with Crippen molar-refractivity contribution in [2.24, 2.45) is 0 Å². The lowest BCUT2D eigenvalue weighted by Crippen LogP contribution is -2.34. The lowest BCUT2D eigenvalue weighted by atomic mass is 9.89. The smallest absolute Gasteiger partial charge is 0.183 e.